The van der Waals surface area contributed by atoms with E-state index in [0.29, 0.717) is 11.6 Å². The van der Waals surface area contributed by atoms with E-state index in [9.17, 15) is 9.59 Å². The Labute approximate surface area is 146 Å². The van der Waals surface area contributed by atoms with Crippen LogP contribution in [0.4, 0.5) is 0 Å². The summed E-state index contributed by atoms with van der Waals surface area (Å²) in [6.45, 7) is 1.69. The predicted octanol–water partition coefficient (Wildman–Crippen LogP) is 3.26. The molecule has 6 nitrogen and oxygen atoms in total. The third kappa shape index (κ3) is 3.90. The van der Waals surface area contributed by atoms with Gasteiger partial charge in [0.15, 0.2) is 0 Å². The van der Waals surface area contributed by atoms with E-state index in [1.807, 2.05) is 35.0 Å². The SMILES string of the molecule is CC(CC(=O)O)NC(=O)c1cnn(C2CCCC2)c1-c1ccccc1. The minimum absolute atomic E-state index is 0.108. The van der Waals surface area contributed by atoms with Gasteiger partial charge in [-0.2, -0.15) is 5.10 Å². The van der Waals surface area contributed by atoms with Crippen molar-refractivity contribution in [3.8, 4) is 11.3 Å². The normalized spacial score (nSPS) is 15.9. The zero-order valence-corrected chi connectivity index (χ0v) is 14.3. The molecule has 0 spiro atoms. The molecule has 25 heavy (non-hydrogen) atoms. The van der Waals surface area contributed by atoms with Crippen LogP contribution >= 0.6 is 0 Å². The number of carboxylic acids is 1. The van der Waals surface area contributed by atoms with Gasteiger partial charge in [-0.3, -0.25) is 14.3 Å². The van der Waals surface area contributed by atoms with Crippen molar-refractivity contribution in [2.75, 3.05) is 0 Å². The van der Waals surface area contributed by atoms with Crippen LogP contribution in [0.25, 0.3) is 11.3 Å². The van der Waals surface area contributed by atoms with Gasteiger partial charge in [0.25, 0.3) is 5.91 Å². The first-order valence-electron chi connectivity index (χ1n) is 8.72. The number of carbonyl (C=O) groups excluding carboxylic acids is 1. The van der Waals surface area contributed by atoms with Gasteiger partial charge < -0.3 is 10.4 Å². The van der Waals surface area contributed by atoms with Gasteiger partial charge in [-0.1, -0.05) is 43.2 Å². The number of rotatable bonds is 6. The summed E-state index contributed by atoms with van der Waals surface area (Å²) in [4.78, 5) is 23.5. The van der Waals surface area contributed by atoms with Crippen LogP contribution in [0.5, 0.6) is 0 Å². The van der Waals surface area contributed by atoms with Crippen molar-refractivity contribution in [2.24, 2.45) is 0 Å². The summed E-state index contributed by atoms with van der Waals surface area (Å²) in [6, 6.07) is 9.64. The van der Waals surface area contributed by atoms with Gasteiger partial charge >= 0.3 is 5.97 Å². The van der Waals surface area contributed by atoms with Crippen LogP contribution in [0.3, 0.4) is 0 Å². The number of nitrogens with zero attached hydrogens (tertiary/aromatic N) is 2. The average molecular weight is 341 g/mol. The molecule has 1 amide bonds. The van der Waals surface area contributed by atoms with Crippen molar-refractivity contribution in [1.82, 2.24) is 15.1 Å². The molecule has 1 fully saturated rings. The van der Waals surface area contributed by atoms with Crippen LogP contribution in [0.2, 0.25) is 0 Å². The van der Waals surface area contributed by atoms with Crippen LogP contribution in [0.1, 0.15) is 55.4 Å². The van der Waals surface area contributed by atoms with Crippen LogP contribution in [-0.2, 0) is 4.79 Å². The van der Waals surface area contributed by atoms with E-state index in [2.05, 4.69) is 10.4 Å². The lowest BCUT2D eigenvalue weighted by Gasteiger charge is -2.16. The smallest absolute Gasteiger partial charge is 0.305 e. The summed E-state index contributed by atoms with van der Waals surface area (Å²) in [5, 5.41) is 16.2. The Bertz CT molecular complexity index is 749. The topological polar surface area (TPSA) is 84.2 Å². The van der Waals surface area contributed by atoms with E-state index in [-0.39, 0.29) is 12.3 Å². The molecule has 1 aromatic carbocycles. The first-order chi connectivity index (χ1) is 12.1. The van der Waals surface area contributed by atoms with E-state index in [4.69, 9.17) is 5.11 Å². The third-order valence-electron chi connectivity index (χ3n) is 4.62. The summed E-state index contributed by atoms with van der Waals surface area (Å²) in [5.41, 5.74) is 2.26. The Balaban J connectivity index is 1.93. The monoisotopic (exact) mass is 341 g/mol. The van der Waals surface area contributed by atoms with Gasteiger partial charge in [-0.15, -0.1) is 0 Å². The molecule has 132 valence electrons. The van der Waals surface area contributed by atoms with E-state index in [1.165, 1.54) is 12.8 Å². The van der Waals surface area contributed by atoms with E-state index < -0.39 is 12.0 Å². The number of amides is 1. The molecule has 1 aliphatic carbocycles. The molecule has 1 aliphatic rings. The van der Waals surface area contributed by atoms with Crippen molar-refractivity contribution in [2.45, 2.75) is 51.1 Å². The first-order valence-corrected chi connectivity index (χ1v) is 8.72. The van der Waals surface area contributed by atoms with E-state index >= 15 is 0 Å². The van der Waals surface area contributed by atoms with Crippen LogP contribution in [0, 0.1) is 0 Å². The largest absolute Gasteiger partial charge is 0.481 e. The molecule has 1 saturated carbocycles. The Hall–Kier alpha value is -2.63. The summed E-state index contributed by atoms with van der Waals surface area (Å²) in [5.74, 6) is -1.21. The van der Waals surface area contributed by atoms with E-state index in [1.54, 1.807) is 13.1 Å². The number of carboxylic acid groups (broad SMARTS) is 1. The minimum atomic E-state index is -0.933. The fraction of sp³-hybridized carbons (Fsp3) is 0.421. The standard InChI is InChI=1S/C19H23N3O3/c1-13(11-17(23)24)21-19(25)16-12-20-22(15-9-5-6-10-15)18(16)14-7-3-2-4-8-14/h2-4,7-8,12-13,15H,5-6,9-11H2,1H3,(H,21,25)(H,23,24). The lowest BCUT2D eigenvalue weighted by Crippen LogP contribution is -2.34. The number of benzene rings is 1. The fourth-order valence-electron chi connectivity index (χ4n) is 3.45. The molecule has 2 N–H and O–H groups in total. The number of carbonyl (C=O) groups is 2. The molecule has 6 heteroatoms. The fourth-order valence-corrected chi connectivity index (χ4v) is 3.45. The number of hydrogen-bond acceptors (Lipinski definition) is 3. The van der Waals surface area contributed by atoms with Crippen LogP contribution in [-0.4, -0.2) is 32.8 Å². The highest BCUT2D eigenvalue weighted by molar-refractivity contribution is 6.00. The number of nitrogens with one attached hydrogen (secondary N) is 1. The van der Waals surface area contributed by atoms with Crippen molar-refractivity contribution in [3.05, 3.63) is 42.1 Å². The van der Waals surface area contributed by atoms with Crippen molar-refractivity contribution in [1.29, 1.82) is 0 Å². The third-order valence-corrected chi connectivity index (χ3v) is 4.62. The highest BCUT2D eigenvalue weighted by Gasteiger charge is 2.26. The molecule has 0 radical (unpaired) electrons. The maximum atomic E-state index is 12.7. The van der Waals surface area contributed by atoms with Crippen molar-refractivity contribution in [3.63, 3.8) is 0 Å². The molecule has 0 aliphatic heterocycles. The second-order valence-electron chi connectivity index (χ2n) is 6.63. The van der Waals surface area contributed by atoms with Crippen molar-refractivity contribution < 1.29 is 14.7 Å². The Kier molecular flexibility index (Phi) is 5.16. The zero-order chi connectivity index (χ0) is 17.8. The number of hydrogen-bond donors (Lipinski definition) is 2. The number of aliphatic carboxylic acids is 1. The second-order valence-corrected chi connectivity index (χ2v) is 6.63. The number of aromatic nitrogens is 2. The average Bonchev–Trinajstić information content (AvgIpc) is 3.24. The van der Waals surface area contributed by atoms with E-state index in [0.717, 1.165) is 24.1 Å². The lowest BCUT2D eigenvalue weighted by molar-refractivity contribution is -0.137. The summed E-state index contributed by atoms with van der Waals surface area (Å²) in [7, 11) is 0. The van der Waals surface area contributed by atoms with Crippen molar-refractivity contribution >= 4 is 11.9 Å². The van der Waals surface area contributed by atoms with Gasteiger partial charge in [0.05, 0.1) is 29.9 Å². The molecule has 0 saturated heterocycles. The Morgan fingerprint density at radius 2 is 1.96 bits per heavy atom. The second kappa shape index (κ2) is 7.51. The Morgan fingerprint density at radius 1 is 1.28 bits per heavy atom. The molecule has 1 aromatic heterocycles. The maximum absolute atomic E-state index is 12.7. The van der Waals surface area contributed by atoms with Gasteiger partial charge in [0.2, 0.25) is 0 Å². The maximum Gasteiger partial charge on any atom is 0.305 e. The molecule has 2 aromatic rings. The molecular weight excluding hydrogens is 318 g/mol. The zero-order valence-electron chi connectivity index (χ0n) is 14.3. The Morgan fingerprint density at radius 3 is 2.60 bits per heavy atom. The summed E-state index contributed by atoms with van der Waals surface area (Å²) >= 11 is 0. The lowest BCUT2D eigenvalue weighted by atomic mass is 10.1. The summed E-state index contributed by atoms with van der Waals surface area (Å²) < 4.78 is 1.97. The molecule has 1 unspecified atom stereocenters. The van der Waals surface area contributed by atoms with Gasteiger partial charge in [-0.25, -0.2) is 0 Å². The molecule has 1 heterocycles. The first kappa shape index (κ1) is 17.2. The molecule has 1 atom stereocenters. The van der Waals surface area contributed by atoms with Gasteiger partial charge in [-0.05, 0) is 19.8 Å². The highest BCUT2D eigenvalue weighted by atomic mass is 16.4. The highest BCUT2D eigenvalue weighted by Crippen LogP contribution is 2.34. The van der Waals surface area contributed by atoms with Crippen LogP contribution in [0.15, 0.2) is 36.5 Å². The summed E-state index contributed by atoms with van der Waals surface area (Å²) in [6.07, 6.45) is 5.98. The van der Waals surface area contributed by atoms with Crippen LogP contribution < -0.4 is 5.32 Å². The molecule has 0 bridgehead atoms. The predicted molar refractivity (Wildman–Crippen MR) is 94.3 cm³/mol. The molecule has 3 rings (SSSR count). The minimum Gasteiger partial charge on any atom is -0.481 e. The van der Waals surface area contributed by atoms with Gasteiger partial charge in [0.1, 0.15) is 0 Å². The molecular formula is C19H23N3O3. The quantitative estimate of drug-likeness (QED) is 0.844. The van der Waals surface area contributed by atoms with Gasteiger partial charge in [0, 0.05) is 11.6 Å².